The summed E-state index contributed by atoms with van der Waals surface area (Å²) in [7, 11) is 0. The van der Waals surface area contributed by atoms with Crippen LogP contribution in [0, 0.1) is 13.8 Å². The first-order valence-corrected chi connectivity index (χ1v) is 6.53. The molecule has 0 aromatic carbocycles. The van der Waals surface area contributed by atoms with Crippen molar-refractivity contribution in [2.75, 3.05) is 19.7 Å². The number of carboxylic acids is 1. The Kier molecular flexibility index (Phi) is 4.39. The van der Waals surface area contributed by atoms with Crippen LogP contribution in [-0.2, 0) is 20.7 Å². The Morgan fingerprint density at radius 2 is 2.20 bits per heavy atom. The molecule has 0 bridgehead atoms. The van der Waals surface area contributed by atoms with E-state index in [4.69, 9.17) is 14.4 Å². The quantitative estimate of drug-likeness (QED) is 0.866. The number of hydrogen-bond acceptors (Lipinski definition) is 5. The molecule has 0 spiro atoms. The monoisotopic (exact) mass is 282 g/mol. The van der Waals surface area contributed by atoms with Gasteiger partial charge in [-0.3, -0.25) is 4.79 Å². The van der Waals surface area contributed by atoms with Crippen LogP contribution in [0.3, 0.4) is 0 Å². The molecule has 1 fully saturated rings. The Hall–Kier alpha value is -1.89. The van der Waals surface area contributed by atoms with Gasteiger partial charge in [-0.15, -0.1) is 0 Å². The number of nitrogens with zero attached hydrogens (tertiary/aromatic N) is 2. The minimum Gasteiger partial charge on any atom is -0.479 e. The lowest BCUT2D eigenvalue weighted by atomic mass is 10.1. The standard InChI is InChI=1S/C13H18N2O5/c1-8-10(9(2)20-14-8)3-4-12(16)15-5-6-19-11(7-15)13(17)18/h11H,3-7H2,1-2H3,(H,17,18). The van der Waals surface area contributed by atoms with E-state index in [1.165, 1.54) is 0 Å². The fourth-order valence-electron chi connectivity index (χ4n) is 2.27. The maximum Gasteiger partial charge on any atom is 0.334 e. The van der Waals surface area contributed by atoms with Gasteiger partial charge >= 0.3 is 5.97 Å². The molecule has 1 aromatic heterocycles. The zero-order valence-corrected chi connectivity index (χ0v) is 11.6. The van der Waals surface area contributed by atoms with Gasteiger partial charge < -0.3 is 19.3 Å². The number of carboxylic acid groups (broad SMARTS) is 1. The minimum absolute atomic E-state index is 0.0699. The van der Waals surface area contributed by atoms with Crippen molar-refractivity contribution in [1.29, 1.82) is 0 Å². The lowest BCUT2D eigenvalue weighted by molar-refractivity contribution is -0.159. The summed E-state index contributed by atoms with van der Waals surface area (Å²) in [4.78, 5) is 24.5. The third-order valence-corrected chi connectivity index (χ3v) is 3.46. The van der Waals surface area contributed by atoms with Gasteiger partial charge in [0.1, 0.15) is 5.76 Å². The van der Waals surface area contributed by atoms with Crippen molar-refractivity contribution in [2.45, 2.75) is 32.8 Å². The first-order valence-electron chi connectivity index (χ1n) is 6.53. The molecule has 1 atom stereocenters. The SMILES string of the molecule is Cc1noc(C)c1CCC(=O)N1CCOC(C(=O)O)C1. The molecule has 1 N–H and O–H groups in total. The number of aromatic nitrogens is 1. The van der Waals surface area contributed by atoms with Crippen LogP contribution in [0.25, 0.3) is 0 Å². The predicted molar refractivity (Wildman–Crippen MR) is 68.3 cm³/mol. The highest BCUT2D eigenvalue weighted by Crippen LogP contribution is 2.15. The van der Waals surface area contributed by atoms with E-state index in [1.807, 2.05) is 13.8 Å². The third-order valence-electron chi connectivity index (χ3n) is 3.46. The number of rotatable bonds is 4. The highest BCUT2D eigenvalue weighted by atomic mass is 16.5. The molecule has 110 valence electrons. The Morgan fingerprint density at radius 1 is 1.45 bits per heavy atom. The average Bonchev–Trinajstić information content (AvgIpc) is 2.75. The summed E-state index contributed by atoms with van der Waals surface area (Å²) in [6, 6.07) is 0. The second-order valence-electron chi connectivity index (χ2n) is 4.84. The van der Waals surface area contributed by atoms with Gasteiger partial charge in [0, 0.05) is 18.5 Å². The zero-order chi connectivity index (χ0) is 14.7. The predicted octanol–water partition coefficient (Wildman–Crippen LogP) is 0.536. The summed E-state index contributed by atoms with van der Waals surface area (Å²) in [5.74, 6) is -0.381. The van der Waals surface area contributed by atoms with E-state index in [2.05, 4.69) is 5.16 Å². The smallest absolute Gasteiger partial charge is 0.334 e. The summed E-state index contributed by atoms with van der Waals surface area (Å²) in [6.45, 7) is 4.45. The molecular weight excluding hydrogens is 264 g/mol. The van der Waals surface area contributed by atoms with Crippen LogP contribution in [0.4, 0.5) is 0 Å². The molecule has 2 rings (SSSR count). The summed E-state index contributed by atoms with van der Waals surface area (Å²) in [6.07, 6.45) is -0.0589. The molecule has 1 unspecified atom stereocenters. The number of aryl methyl sites for hydroxylation is 2. The summed E-state index contributed by atoms with van der Waals surface area (Å²) in [5, 5.41) is 12.8. The number of carbonyl (C=O) groups is 2. The first kappa shape index (κ1) is 14.5. The van der Waals surface area contributed by atoms with Crippen LogP contribution in [0.2, 0.25) is 0 Å². The van der Waals surface area contributed by atoms with Crippen LogP contribution in [0.15, 0.2) is 4.52 Å². The maximum absolute atomic E-state index is 12.1. The van der Waals surface area contributed by atoms with Crippen LogP contribution in [-0.4, -0.2) is 52.8 Å². The van der Waals surface area contributed by atoms with E-state index < -0.39 is 12.1 Å². The molecule has 0 radical (unpaired) electrons. The largest absolute Gasteiger partial charge is 0.479 e. The van der Waals surface area contributed by atoms with Crippen molar-refractivity contribution < 1.29 is 24.0 Å². The molecule has 1 amide bonds. The molecule has 1 aliphatic heterocycles. The van der Waals surface area contributed by atoms with Crippen molar-refractivity contribution in [3.8, 4) is 0 Å². The Labute approximate surface area is 116 Å². The van der Waals surface area contributed by atoms with E-state index >= 15 is 0 Å². The summed E-state index contributed by atoms with van der Waals surface area (Å²) < 4.78 is 10.1. The molecule has 1 aromatic rings. The lowest BCUT2D eigenvalue weighted by Crippen LogP contribution is -2.48. The van der Waals surface area contributed by atoms with Gasteiger partial charge in [0.05, 0.1) is 18.8 Å². The van der Waals surface area contributed by atoms with Crippen LogP contribution < -0.4 is 0 Å². The molecule has 7 nitrogen and oxygen atoms in total. The third kappa shape index (κ3) is 3.16. The molecule has 0 aliphatic carbocycles. The van der Waals surface area contributed by atoms with Crippen LogP contribution >= 0.6 is 0 Å². The highest BCUT2D eigenvalue weighted by molar-refractivity contribution is 5.79. The van der Waals surface area contributed by atoms with Gasteiger partial charge in [-0.1, -0.05) is 5.16 Å². The minimum atomic E-state index is -1.03. The fraction of sp³-hybridized carbons (Fsp3) is 0.615. The van der Waals surface area contributed by atoms with Crippen LogP contribution in [0.1, 0.15) is 23.4 Å². The van der Waals surface area contributed by atoms with Crippen molar-refractivity contribution >= 4 is 11.9 Å². The van der Waals surface area contributed by atoms with E-state index in [-0.39, 0.29) is 19.1 Å². The molecule has 0 saturated carbocycles. The molecule has 1 aliphatic rings. The van der Waals surface area contributed by atoms with Gasteiger partial charge in [0.15, 0.2) is 6.10 Å². The maximum atomic E-state index is 12.1. The average molecular weight is 282 g/mol. The van der Waals surface area contributed by atoms with Gasteiger partial charge in [-0.2, -0.15) is 0 Å². The summed E-state index contributed by atoms with van der Waals surface area (Å²) >= 11 is 0. The van der Waals surface area contributed by atoms with Gasteiger partial charge in [0.2, 0.25) is 5.91 Å². The number of hydrogen-bond donors (Lipinski definition) is 1. The van der Waals surface area contributed by atoms with E-state index in [0.717, 1.165) is 17.0 Å². The number of amides is 1. The van der Waals surface area contributed by atoms with Gasteiger partial charge in [-0.05, 0) is 20.3 Å². The van der Waals surface area contributed by atoms with Crippen LogP contribution in [0.5, 0.6) is 0 Å². The van der Waals surface area contributed by atoms with Crippen molar-refractivity contribution in [2.24, 2.45) is 0 Å². The topological polar surface area (TPSA) is 92.9 Å². The van der Waals surface area contributed by atoms with E-state index in [9.17, 15) is 9.59 Å². The van der Waals surface area contributed by atoms with Gasteiger partial charge in [-0.25, -0.2) is 4.79 Å². The number of ether oxygens (including phenoxy) is 1. The Balaban J connectivity index is 1.90. The van der Waals surface area contributed by atoms with E-state index in [1.54, 1.807) is 4.90 Å². The number of morpholine rings is 1. The molecule has 7 heteroatoms. The summed E-state index contributed by atoms with van der Waals surface area (Å²) in [5.41, 5.74) is 1.74. The first-order chi connectivity index (χ1) is 9.49. The fourth-order valence-corrected chi connectivity index (χ4v) is 2.27. The zero-order valence-electron chi connectivity index (χ0n) is 11.6. The van der Waals surface area contributed by atoms with Gasteiger partial charge in [0.25, 0.3) is 0 Å². The highest BCUT2D eigenvalue weighted by Gasteiger charge is 2.28. The Morgan fingerprint density at radius 3 is 2.80 bits per heavy atom. The molecule has 20 heavy (non-hydrogen) atoms. The number of carbonyl (C=O) groups excluding carboxylic acids is 1. The second kappa shape index (κ2) is 6.04. The van der Waals surface area contributed by atoms with E-state index in [0.29, 0.717) is 19.4 Å². The normalized spacial score (nSPS) is 19.1. The van der Waals surface area contributed by atoms with Crippen molar-refractivity contribution in [3.05, 3.63) is 17.0 Å². The molecular formula is C13H18N2O5. The molecule has 1 saturated heterocycles. The number of aliphatic carboxylic acids is 1. The second-order valence-corrected chi connectivity index (χ2v) is 4.84. The Bertz CT molecular complexity index is 491. The van der Waals surface area contributed by atoms with Crippen molar-refractivity contribution in [3.63, 3.8) is 0 Å². The lowest BCUT2D eigenvalue weighted by Gasteiger charge is -2.30. The van der Waals surface area contributed by atoms with Crippen molar-refractivity contribution in [1.82, 2.24) is 10.1 Å². The molecule has 2 heterocycles.